The molecule has 0 spiro atoms. The van der Waals surface area contributed by atoms with E-state index in [0.717, 1.165) is 42.4 Å². The van der Waals surface area contributed by atoms with Gasteiger partial charge in [-0.25, -0.2) is 0 Å². The summed E-state index contributed by atoms with van der Waals surface area (Å²) in [5.41, 5.74) is 5.55. The molecule has 0 radical (unpaired) electrons. The van der Waals surface area contributed by atoms with E-state index in [1.807, 2.05) is 0 Å². The third-order valence-corrected chi connectivity index (χ3v) is 5.11. The molecule has 0 aliphatic heterocycles. The maximum absolute atomic E-state index is 12.8. The van der Waals surface area contributed by atoms with Crippen molar-refractivity contribution < 1.29 is 9.90 Å². The van der Waals surface area contributed by atoms with Crippen LogP contribution in [0.4, 0.5) is 0 Å². The number of benzene rings is 1. The molecule has 1 aromatic rings. The van der Waals surface area contributed by atoms with Crippen molar-refractivity contribution in [3.63, 3.8) is 0 Å². The number of hydrogen-bond donors (Lipinski definition) is 1. The van der Waals surface area contributed by atoms with Crippen molar-refractivity contribution in [2.45, 2.75) is 58.5 Å². The fourth-order valence-corrected chi connectivity index (χ4v) is 4.21. The summed E-state index contributed by atoms with van der Waals surface area (Å²) in [5, 5.41) is 10.8. The smallest absolute Gasteiger partial charge is 0.169 e. The van der Waals surface area contributed by atoms with E-state index in [-0.39, 0.29) is 17.6 Å². The number of hydrogen-bond acceptors (Lipinski definition) is 2. The van der Waals surface area contributed by atoms with E-state index < -0.39 is 6.10 Å². The predicted octanol–water partition coefficient (Wildman–Crippen LogP) is 3.62. The maximum Gasteiger partial charge on any atom is 0.169 e. The first-order valence-corrected chi connectivity index (χ1v) is 8.07. The Morgan fingerprint density at radius 2 is 2.05 bits per heavy atom. The Morgan fingerprint density at radius 3 is 2.71 bits per heavy atom. The molecule has 0 amide bonds. The molecule has 1 unspecified atom stereocenters. The average molecular weight is 284 g/mol. The number of aliphatic hydroxyl groups is 1. The molecule has 2 aliphatic rings. The fourth-order valence-electron chi connectivity index (χ4n) is 4.21. The molecule has 2 aliphatic carbocycles. The number of rotatable bonds is 2. The number of carbonyl (C=O) groups is 1. The molecule has 2 heteroatoms. The zero-order chi connectivity index (χ0) is 15.1. The molecule has 1 saturated carbocycles. The minimum absolute atomic E-state index is 0.0571. The van der Waals surface area contributed by atoms with E-state index in [1.54, 1.807) is 0 Å². The van der Waals surface area contributed by atoms with Gasteiger partial charge in [0.1, 0.15) is 0 Å². The second-order valence-electron chi connectivity index (χ2n) is 6.54. The van der Waals surface area contributed by atoms with Crippen molar-refractivity contribution in [2.24, 2.45) is 5.92 Å². The molecule has 0 heterocycles. The maximum atomic E-state index is 12.8. The van der Waals surface area contributed by atoms with Gasteiger partial charge in [-0.3, -0.25) is 4.79 Å². The summed E-state index contributed by atoms with van der Waals surface area (Å²) >= 11 is 0. The van der Waals surface area contributed by atoms with Crippen molar-refractivity contribution in [2.75, 3.05) is 0 Å². The molecular weight excluding hydrogens is 260 g/mol. The van der Waals surface area contributed by atoms with Gasteiger partial charge in [0.2, 0.25) is 0 Å². The number of fused-ring (bicyclic) bond motifs is 1. The van der Waals surface area contributed by atoms with Gasteiger partial charge in [-0.2, -0.15) is 0 Å². The summed E-state index contributed by atoms with van der Waals surface area (Å²) in [5.74, 6) is -0.134. The summed E-state index contributed by atoms with van der Waals surface area (Å²) in [7, 11) is 0. The third kappa shape index (κ3) is 2.26. The van der Waals surface area contributed by atoms with Crippen LogP contribution in [-0.4, -0.2) is 17.0 Å². The van der Waals surface area contributed by atoms with Gasteiger partial charge in [0, 0.05) is 5.92 Å². The summed E-state index contributed by atoms with van der Waals surface area (Å²) in [6, 6.07) is 4.30. The molecule has 2 nitrogen and oxygen atoms in total. The number of carbonyl (C=O) groups excluding carboxylic acids is 1. The minimum atomic E-state index is -0.546. The Morgan fingerprint density at radius 1 is 1.29 bits per heavy atom. The van der Waals surface area contributed by atoms with Gasteiger partial charge in [-0.1, -0.05) is 30.7 Å². The second-order valence-corrected chi connectivity index (χ2v) is 6.54. The predicted molar refractivity (Wildman–Crippen MR) is 84.5 cm³/mol. The Balaban J connectivity index is 2.11. The first-order chi connectivity index (χ1) is 10.0. The molecule has 112 valence electrons. The Bertz CT molecular complexity index is 612. The van der Waals surface area contributed by atoms with Crippen LogP contribution in [0.1, 0.15) is 54.4 Å². The van der Waals surface area contributed by atoms with Gasteiger partial charge in [-0.05, 0) is 61.8 Å². The molecule has 3 atom stereocenters. The highest BCUT2D eigenvalue weighted by atomic mass is 16.3. The SMILES string of the molecule is CCc1cc(C)cc(C)c1[C@H]1C(=O)C2=CCCCC2[C@H]1O. The Labute approximate surface area is 126 Å². The first-order valence-electron chi connectivity index (χ1n) is 8.07. The summed E-state index contributed by atoms with van der Waals surface area (Å²) < 4.78 is 0. The zero-order valence-corrected chi connectivity index (χ0v) is 13.1. The largest absolute Gasteiger partial charge is 0.391 e. The van der Waals surface area contributed by atoms with E-state index >= 15 is 0 Å². The van der Waals surface area contributed by atoms with E-state index in [0.29, 0.717) is 0 Å². The highest BCUT2D eigenvalue weighted by molar-refractivity contribution is 6.04. The molecule has 0 bridgehead atoms. The molecule has 3 rings (SSSR count). The van der Waals surface area contributed by atoms with E-state index in [2.05, 4.69) is 39.0 Å². The molecule has 1 aromatic carbocycles. The van der Waals surface area contributed by atoms with Crippen LogP contribution in [0.2, 0.25) is 0 Å². The normalized spacial score (nSPS) is 28.5. The van der Waals surface area contributed by atoms with Gasteiger partial charge in [-0.15, -0.1) is 0 Å². The van der Waals surface area contributed by atoms with Gasteiger partial charge < -0.3 is 5.11 Å². The molecule has 1 N–H and O–H groups in total. The van der Waals surface area contributed by atoms with Gasteiger partial charge in [0.25, 0.3) is 0 Å². The van der Waals surface area contributed by atoms with Gasteiger partial charge in [0.05, 0.1) is 12.0 Å². The number of ketones is 1. The summed E-state index contributed by atoms with van der Waals surface area (Å²) in [4.78, 5) is 12.8. The van der Waals surface area contributed by atoms with Crippen LogP contribution in [0.25, 0.3) is 0 Å². The van der Waals surface area contributed by atoms with Crippen LogP contribution >= 0.6 is 0 Å². The Kier molecular flexibility index (Phi) is 3.75. The second kappa shape index (κ2) is 5.42. The number of allylic oxidation sites excluding steroid dienone is 1. The number of Topliss-reactive ketones (excluding diaryl/α,β-unsaturated/α-hetero) is 1. The van der Waals surface area contributed by atoms with Crippen LogP contribution in [0.15, 0.2) is 23.8 Å². The lowest BCUT2D eigenvalue weighted by atomic mass is 9.84. The Hall–Kier alpha value is -1.41. The lowest BCUT2D eigenvalue weighted by Gasteiger charge is -2.23. The van der Waals surface area contributed by atoms with E-state index in [1.165, 1.54) is 11.1 Å². The molecular formula is C19H24O2. The number of aliphatic hydroxyl groups excluding tert-OH is 1. The lowest BCUT2D eigenvalue weighted by Crippen LogP contribution is -2.23. The van der Waals surface area contributed by atoms with Crippen LogP contribution in [0.3, 0.4) is 0 Å². The van der Waals surface area contributed by atoms with Crippen molar-refractivity contribution in [1.29, 1.82) is 0 Å². The van der Waals surface area contributed by atoms with Crippen LogP contribution in [0, 0.1) is 19.8 Å². The van der Waals surface area contributed by atoms with Crippen LogP contribution in [-0.2, 0) is 11.2 Å². The van der Waals surface area contributed by atoms with Crippen LogP contribution in [0.5, 0.6) is 0 Å². The standard InChI is InChI=1S/C19H24O2/c1-4-13-10-11(2)9-12(3)16(13)17-18(20)14-7-5-6-8-15(14)19(17)21/h7,9-10,15,17,19,21H,4-6,8H2,1-3H3/t15?,17-,19+/m0/s1. The monoisotopic (exact) mass is 284 g/mol. The van der Waals surface area contributed by atoms with Gasteiger partial charge in [0.15, 0.2) is 5.78 Å². The fraction of sp³-hybridized carbons (Fsp3) is 0.526. The van der Waals surface area contributed by atoms with E-state index in [4.69, 9.17) is 0 Å². The highest BCUT2D eigenvalue weighted by Gasteiger charge is 2.47. The summed E-state index contributed by atoms with van der Waals surface area (Å²) in [6.45, 7) is 6.28. The van der Waals surface area contributed by atoms with Gasteiger partial charge >= 0.3 is 0 Å². The molecule has 0 saturated heterocycles. The highest BCUT2D eigenvalue weighted by Crippen LogP contribution is 2.45. The lowest BCUT2D eigenvalue weighted by molar-refractivity contribution is -0.116. The summed E-state index contributed by atoms with van der Waals surface area (Å²) in [6.07, 6.45) is 5.42. The topological polar surface area (TPSA) is 37.3 Å². The van der Waals surface area contributed by atoms with Crippen molar-refractivity contribution in [3.8, 4) is 0 Å². The van der Waals surface area contributed by atoms with Crippen molar-refractivity contribution in [3.05, 3.63) is 46.0 Å². The molecule has 1 fully saturated rings. The minimum Gasteiger partial charge on any atom is -0.391 e. The third-order valence-electron chi connectivity index (χ3n) is 5.11. The molecule has 21 heavy (non-hydrogen) atoms. The number of aryl methyl sites for hydroxylation is 3. The van der Waals surface area contributed by atoms with E-state index in [9.17, 15) is 9.90 Å². The van der Waals surface area contributed by atoms with Crippen molar-refractivity contribution >= 4 is 5.78 Å². The average Bonchev–Trinajstić information content (AvgIpc) is 2.71. The van der Waals surface area contributed by atoms with Crippen molar-refractivity contribution in [1.82, 2.24) is 0 Å². The molecule has 0 aromatic heterocycles. The van der Waals surface area contributed by atoms with Crippen LogP contribution < -0.4 is 0 Å². The first kappa shape index (κ1) is 14.5. The quantitative estimate of drug-likeness (QED) is 0.900. The zero-order valence-electron chi connectivity index (χ0n) is 13.1.